The summed E-state index contributed by atoms with van der Waals surface area (Å²) in [7, 11) is 0. The Morgan fingerprint density at radius 3 is 2.63 bits per heavy atom. The molecular formula is C14H13BrN4. The van der Waals surface area contributed by atoms with Gasteiger partial charge < -0.3 is 5.32 Å². The first-order chi connectivity index (χ1) is 9.21. The summed E-state index contributed by atoms with van der Waals surface area (Å²) in [5.41, 5.74) is 1.94. The fourth-order valence-corrected chi connectivity index (χ4v) is 2.05. The Labute approximate surface area is 120 Å². The van der Waals surface area contributed by atoms with Crippen LogP contribution in [0.3, 0.4) is 0 Å². The molecule has 0 unspecified atom stereocenters. The Morgan fingerprint density at radius 1 is 1.26 bits per heavy atom. The zero-order chi connectivity index (χ0) is 13.7. The van der Waals surface area contributed by atoms with Gasteiger partial charge in [0, 0.05) is 18.2 Å². The molecule has 0 saturated carbocycles. The molecule has 1 heterocycles. The van der Waals surface area contributed by atoms with Gasteiger partial charge in [-0.3, -0.25) is 0 Å². The van der Waals surface area contributed by atoms with Crippen molar-refractivity contribution in [3.63, 3.8) is 0 Å². The maximum Gasteiger partial charge on any atom is 0.135 e. The van der Waals surface area contributed by atoms with E-state index in [-0.39, 0.29) is 0 Å². The van der Waals surface area contributed by atoms with E-state index < -0.39 is 0 Å². The van der Waals surface area contributed by atoms with Crippen LogP contribution in [-0.4, -0.2) is 9.97 Å². The fraction of sp³-hybridized carbons (Fsp3) is 0.214. The summed E-state index contributed by atoms with van der Waals surface area (Å²) < 4.78 is 0.767. The predicted molar refractivity (Wildman–Crippen MR) is 78.2 cm³/mol. The molecule has 1 aromatic heterocycles. The fourth-order valence-electron chi connectivity index (χ4n) is 1.63. The number of aromatic nitrogens is 2. The molecule has 1 aromatic carbocycles. The zero-order valence-corrected chi connectivity index (χ0v) is 12.1. The zero-order valence-electron chi connectivity index (χ0n) is 10.5. The molecule has 0 spiro atoms. The van der Waals surface area contributed by atoms with Gasteiger partial charge in [-0.25, -0.2) is 9.97 Å². The minimum Gasteiger partial charge on any atom is -0.340 e. The van der Waals surface area contributed by atoms with Crippen molar-refractivity contribution < 1.29 is 0 Å². The van der Waals surface area contributed by atoms with Crippen LogP contribution in [0.25, 0.3) is 0 Å². The monoisotopic (exact) mass is 316 g/mol. The van der Waals surface area contributed by atoms with Gasteiger partial charge in [-0.2, -0.15) is 5.26 Å². The third-order valence-corrected chi connectivity index (χ3v) is 2.97. The number of hydrogen-bond donors (Lipinski definition) is 1. The number of nitriles is 1. The van der Waals surface area contributed by atoms with Crippen LogP contribution in [0.5, 0.6) is 0 Å². The van der Waals surface area contributed by atoms with Gasteiger partial charge in [-0.05, 0) is 33.6 Å². The van der Waals surface area contributed by atoms with E-state index >= 15 is 0 Å². The second kappa shape index (κ2) is 6.30. The first kappa shape index (κ1) is 13.5. The largest absolute Gasteiger partial charge is 0.340 e. The highest BCUT2D eigenvalue weighted by Gasteiger charge is 2.02. The van der Waals surface area contributed by atoms with Crippen LogP contribution in [0.2, 0.25) is 0 Å². The minimum atomic E-state index is 0.430. The van der Waals surface area contributed by atoms with Crippen molar-refractivity contribution in [3.05, 3.63) is 46.3 Å². The van der Waals surface area contributed by atoms with Crippen molar-refractivity contribution in [2.24, 2.45) is 0 Å². The summed E-state index contributed by atoms with van der Waals surface area (Å²) >= 11 is 3.37. The van der Waals surface area contributed by atoms with Crippen molar-refractivity contribution in [1.82, 2.24) is 9.97 Å². The van der Waals surface area contributed by atoms with Crippen molar-refractivity contribution in [3.8, 4) is 6.07 Å². The maximum atomic E-state index is 8.62. The highest BCUT2D eigenvalue weighted by molar-refractivity contribution is 9.10. The summed E-state index contributed by atoms with van der Waals surface area (Å²) in [5.74, 6) is 1.55. The van der Waals surface area contributed by atoms with Gasteiger partial charge in [0.2, 0.25) is 0 Å². The summed E-state index contributed by atoms with van der Waals surface area (Å²) in [6.45, 7) is 2.02. The molecule has 0 atom stereocenters. The van der Waals surface area contributed by atoms with Crippen molar-refractivity contribution in [1.29, 1.82) is 5.26 Å². The van der Waals surface area contributed by atoms with E-state index in [2.05, 4.69) is 37.3 Å². The molecule has 19 heavy (non-hydrogen) atoms. The average molecular weight is 317 g/mol. The first-order valence-electron chi connectivity index (χ1n) is 5.97. The van der Waals surface area contributed by atoms with Gasteiger partial charge in [-0.15, -0.1) is 0 Å². The Hall–Kier alpha value is -1.93. The summed E-state index contributed by atoms with van der Waals surface area (Å²) in [6, 6.07) is 11.7. The molecule has 96 valence electrons. The predicted octanol–water partition coefficient (Wildman–Crippen LogP) is 3.61. The first-order valence-corrected chi connectivity index (χ1v) is 6.77. The van der Waals surface area contributed by atoms with Crippen LogP contribution in [0.1, 0.15) is 18.3 Å². The van der Waals surface area contributed by atoms with E-state index in [0.717, 1.165) is 33.9 Å². The highest BCUT2D eigenvalue weighted by atomic mass is 79.9. The summed E-state index contributed by atoms with van der Waals surface area (Å²) in [5, 5.41) is 11.8. The van der Waals surface area contributed by atoms with Crippen LogP contribution in [-0.2, 0) is 12.8 Å². The lowest BCUT2D eigenvalue weighted by atomic mass is 10.1. The van der Waals surface area contributed by atoms with Gasteiger partial charge in [0.05, 0.1) is 12.5 Å². The quantitative estimate of drug-likeness (QED) is 0.875. The minimum absolute atomic E-state index is 0.430. The molecule has 2 rings (SSSR count). The highest BCUT2D eigenvalue weighted by Crippen LogP contribution is 2.18. The van der Waals surface area contributed by atoms with Crippen LogP contribution in [0.4, 0.5) is 11.5 Å². The number of aryl methyl sites for hydroxylation is 1. The average Bonchev–Trinajstić information content (AvgIpc) is 2.40. The van der Waals surface area contributed by atoms with Crippen LogP contribution in [0, 0.1) is 11.3 Å². The molecule has 4 nitrogen and oxygen atoms in total. The van der Waals surface area contributed by atoms with Gasteiger partial charge in [0.1, 0.15) is 16.2 Å². The van der Waals surface area contributed by atoms with E-state index in [1.54, 1.807) is 0 Å². The van der Waals surface area contributed by atoms with E-state index in [1.165, 1.54) is 0 Å². The van der Waals surface area contributed by atoms with Crippen LogP contribution in [0.15, 0.2) is 34.9 Å². The van der Waals surface area contributed by atoms with Gasteiger partial charge in [0.25, 0.3) is 0 Å². The number of benzene rings is 1. The molecule has 0 saturated heterocycles. The Morgan fingerprint density at radius 2 is 2.00 bits per heavy atom. The third-order valence-electron chi connectivity index (χ3n) is 2.57. The molecule has 0 aliphatic rings. The topological polar surface area (TPSA) is 61.6 Å². The Bertz CT molecular complexity index is 602. The molecule has 1 N–H and O–H groups in total. The summed E-state index contributed by atoms with van der Waals surface area (Å²) in [6.07, 6.45) is 1.22. The van der Waals surface area contributed by atoms with Crippen molar-refractivity contribution in [2.75, 3.05) is 5.32 Å². The van der Waals surface area contributed by atoms with E-state index in [1.807, 2.05) is 37.3 Å². The normalized spacial score (nSPS) is 9.95. The lowest BCUT2D eigenvalue weighted by molar-refractivity contribution is 0.931. The van der Waals surface area contributed by atoms with Crippen molar-refractivity contribution in [2.45, 2.75) is 19.8 Å². The number of hydrogen-bond acceptors (Lipinski definition) is 4. The van der Waals surface area contributed by atoms with Gasteiger partial charge >= 0.3 is 0 Å². The molecule has 0 radical (unpaired) electrons. The third kappa shape index (κ3) is 3.76. The van der Waals surface area contributed by atoms with Crippen LogP contribution < -0.4 is 5.32 Å². The second-order valence-corrected chi connectivity index (χ2v) is 4.81. The molecule has 5 heteroatoms. The van der Waals surface area contributed by atoms with E-state index in [4.69, 9.17) is 5.26 Å². The molecule has 0 amide bonds. The maximum absolute atomic E-state index is 8.62. The van der Waals surface area contributed by atoms with Crippen molar-refractivity contribution >= 4 is 27.4 Å². The lowest BCUT2D eigenvalue weighted by Gasteiger charge is -2.07. The second-order valence-electron chi connectivity index (χ2n) is 4.00. The standard InChI is InChI=1S/C14H13BrN4/c1-2-13-18-12(15)9-14(19-13)17-11-5-3-10(4-6-11)7-8-16/h3-6,9H,2,7H2,1H3,(H,17,18,19). The lowest BCUT2D eigenvalue weighted by Crippen LogP contribution is -1.99. The SMILES string of the molecule is CCc1nc(Br)cc(Nc2ccc(CC#N)cc2)n1. The molecule has 0 aliphatic carbocycles. The molecular weight excluding hydrogens is 304 g/mol. The molecule has 2 aromatic rings. The Balaban J connectivity index is 2.16. The number of rotatable bonds is 4. The van der Waals surface area contributed by atoms with E-state index in [0.29, 0.717) is 6.42 Å². The number of nitrogens with zero attached hydrogens (tertiary/aromatic N) is 3. The molecule has 0 fully saturated rings. The molecule has 0 bridgehead atoms. The number of halogens is 1. The van der Waals surface area contributed by atoms with E-state index in [9.17, 15) is 0 Å². The molecule has 0 aliphatic heterocycles. The Kier molecular flexibility index (Phi) is 4.48. The van der Waals surface area contributed by atoms with Gasteiger partial charge in [-0.1, -0.05) is 19.1 Å². The smallest absolute Gasteiger partial charge is 0.135 e. The van der Waals surface area contributed by atoms with Gasteiger partial charge in [0.15, 0.2) is 0 Å². The number of nitrogens with one attached hydrogen (secondary N) is 1. The summed E-state index contributed by atoms with van der Waals surface area (Å²) in [4.78, 5) is 8.66. The van der Waals surface area contributed by atoms with Crippen LogP contribution >= 0.6 is 15.9 Å². The number of anilines is 2.